The summed E-state index contributed by atoms with van der Waals surface area (Å²) in [7, 11) is -2.22. The van der Waals surface area contributed by atoms with Crippen molar-refractivity contribution in [1.29, 1.82) is 0 Å². The normalized spacial score (nSPS) is 13.0. The smallest absolute Gasteiger partial charge is 0.322 e. The summed E-state index contributed by atoms with van der Waals surface area (Å²) in [4.78, 5) is 11.2. The molecule has 0 heterocycles. The fourth-order valence-corrected chi connectivity index (χ4v) is 2.95. The number of aromatic hydroxyl groups is 1. The number of sulfonamides is 1. The Morgan fingerprint density at radius 1 is 1.33 bits per heavy atom. The maximum absolute atomic E-state index is 11.8. The number of phenolic OH excluding ortho intramolecular Hbond substituents is 1. The predicted octanol–water partition coefficient (Wildman–Crippen LogP) is 0.344. The zero-order valence-electron chi connectivity index (χ0n) is 11.7. The first-order valence-corrected chi connectivity index (χ1v) is 7.99. The molecule has 0 aromatic heterocycles. The molecule has 0 amide bonds. The van der Waals surface area contributed by atoms with Crippen molar-refractivity contribution in [1.82, 2.24) is 4.72 Å². The molecule has 0 bridgehead atoms. The average Bonchev–Trinajstić information content (AvgIpc) is 2.40. The van der Waals surface area contributed by atoms with Crippen LogP contribution in [0.1, 0.15) is 12.0 Å². The number of phenols is 1. The Morgan fingerprint density at radius 2 is 1.95 bits per heavy atom. The summed E-state index contributed by atoms with van der Waals surface area (Å²) in [6, 6.07) is 4.68. The van der Waals surface area contributed by atoms with Gasteiger partial charge in [0.15, 0.2) is 0 Å². The van der Waals surface area contributed by atoms with E-state index in [1.54, 1.807) is 12.1 Å². The molecule has 1 aromatic rings. The minimum atomic E-state index is -3.69. The van der Waals surface area contributed by atoms with Crippen LogP contribution in [-0.2, 0) is 26.0 Å². The molecule has 3 N–H and O–H groups in total. The number of hydrogen-bond donors (Lipinski definition) is 3. The fraction of sp³-hybridized carbons (Fsp3) is 0.462. The molecular weight excluding hydrogens is 298 g/mol. The van der Waals surface area contributed by atoms with Crippen LogP contribution in [-0.4, -0.2) is 50.1 Å². The summed E-state index contributed by atoms with van der Waals surface area (Å²) in [6.45, 7) is 0.288. The topological polar surface area (TPSA) is 113 Å². The third-order valence-electron chi connectivity index (χ3n) is 2.76. The standard InChI is InChI=1S/C13H19NO6S/c1-20-7-2-8-21(18,19)14-12(13(16)17)9-10-3-5-11(15)6-4-10/h3-6,12,14-15H,2,7-9H2,1H3,(H,16,17)/t12-/m1/s1. The zero-order valence-corrected chi connectivity index (χ0v) is 12.5. The van der Waals surface area contributed by atoms with E-state index in [9.17, 15) is 13.2 Å². The van der Waals surface area contributed by atoms with E-state index >= 15 is 0 Å². The second kappa shape index (κ2) is 7.96. The summed E-state index contributed by atoms with van der Waals surface area (Å²) < 4.78 is 30.5. The van der Waals surface area contributed by atoms with Crippen LogP contribution in [0.2, 0.25) is 0 Å². The molecule has 8 heteroatoms. The summed E-state index contributed by atoms with van der Waals surface area (Å²) in [5.41, 5.74) is 0.611. The van der Waals surface area contributed by atoms with E-state index < -0.39 is 22.0 Å². The number of rotatable bonds is 9. The largest absolute Gasteiger partial charge is 0.508 e. The molecule has 0 aliphatic rings. The lowest BCUT2D eigenvalue weighted by atomic mass is 10.1. The highest BCUT2D eigenvalue weighted by Crippen LogP contribution is 2.12. The third kappa shape index (κ3) is 6.56. The molecule has 0 fully saturated rings. The zero-order chi connectivity index (χ0) is 15.9. The maximum atomic E-state index is 11.8. The number of hydrogen-bond acceptors (Lipinski definition) is 5. The molecule has 1 atom stereocenters. The molecule has 0 saturated carbocycles. The number of methoxy groups -OCH3 is 1. The number of benzene rings is 1. The van der Waals surface area contributed by atoms with E-state index in [0.717, 1.165) is 0 Å². The second-order valence-electron chi connectivity index (χ2n) is 4.54. The summed E-state index contributed by atoms with van der Waals surface area (Å²) in [6.07, 6.45) is 0.288. The highest BCUT2D eigenvalue weighted by molar-refractivity contribution is 7.89. The van der Waals surface area contributed by atoms with Crippen molar-refractivity contribution in [3.63, 3.8) is 0 Å². The Kier molecular flexibility index (Phi) is 6.60. The van der Waals surface area contributed by atoms with E-state index in [4.69, 9.17) is 14.9 Å². The fourth-order valence-electron chi connectivity index (χ4n) is 1.72. The van der Waals surface area contributed by atoms with Crippen molar-refractivity contribution in [2.75, 3.05) is 19.5 Å². The van der Waals surface area contributed by atoms with Crippen LogP contribution in [0, 0.1) is 0 Å². The van der Waals surface area contributed by atoms with Gasteiger partial charge in [0.25, 0.3) is 0 Å². The Bertz CT molecular complexity index is 555. The van der Waals surface area contributed by atoms with Crippen LogP contribution in [0.3, 0.4) is 0 Å². The number of carboxylic acids is 1. The van der Waals surface area contributed by atoms with Crippen molar-refractivity contribution >= 4 is 16.0 Å². The first-order chi connectivity index (χ1) is 9.84. The van der Waals surface area contributed by atoms with Gasteiger partial charge in [-0.2, -0.15) is 0 Å². The molecule has 0 aliphatic carbocycles. The molecule has 7 nitrogen and oxygen atoms in total. The van der Waals surface area contributed by atoms with Crippen molar-refractivity contribution < 1.29 is 28.2 Å². The number of ether oxygens (including phenoxy) is 1. The van der Waals surface area contributed by atoms with Crippen molar-refractivity contribution in [3.8, 4) is 5.75 Å². The van der Waals surface area contributed by atoms with Crippen molar-refractivity contribution in [2.45, 2.75) is 18.9 Å². The van der Waals surface area contributed by atoms with Gasteiger partial charge < -0.3 is 14.9 Å². The van der Waals surface area contributed by atoms with Crippen LogP contribution < -0.4 is 4.72 Å². The molecule has 1 rings (SSSR count). The molecule has 0 spiro atoms. The van der Waals surface area contributed by atoms with Gasteiger partial charge in [-0.3, -0.25) is 4.79 Å². The van der Waals surface area contributed by atoms with E-state index in [1.165, 1.54) is 19.2 Å². The lowest BCUT2D eigenvalue weighted by Crippen LogP contribution is -2.43. The summed E-state index contributed by atoms with van der Waals surface area (Å²) >= 11 is 0. The molecule has 0 aliphatic heterocycles. The Labute approximate surface area is 123 Å². The monoisotopic (exact) mass is 317 g/mol. The molecule has 21 heavy (non-hydrogen) atoms. The summed E-state index contributed by atoms with van der Waals surface area (Å²) in [5.74, 6) is -1.38. The van der Waals surface area contributed by atoms with Crippen molar-refractivity contribution in [3.05, 3.63) is 29.8 Å². The SMILES string of the molecule is COCCCS(=O)(=O)N[C@H](Cc1ccc(O)cc1)C(=O)O. The van der Waals surface area contributed by atoms with Gasteiger partial charge in [-0.1, -0.05) is 12.1 Å². The second-order valence-corrected chi connectivity index (χ2v) is 6.42. The minimum Gasteiger partial charge on any atom is -0.508 e. The van der Waals surface area contributed by atoms with Gasteiger partial charge in [-0.25, -0.2) is 13.1 Å². The van der Waals surface area contributed by atoms with Gasteiger partial charge in [-0.15, -0.1) is 0 Å². The first-order valence-electron chi connectivity index (χ1n) is 6.33. The highest BCUT2D eigenvalue weighted by Gasteiger charge is 2.24. The molecule has 0 unspecified atom stereocenters. The lowest BCUT2D eigenvalue weighted by molar-refractivity contribution is -0.138. The Hall–Kier alpha value is -1.64. The summed E-state index contributed by atoms with van der Waals surface area (Å²) in [5, 5.41) is 18.3. The van der Waals surface area contributed by atoms with E-state index in [2.05, 4.69) is 4.72 Å². The average molecular weight is 317 g/mol. The number of carboxylic acid groups (broad SMARTS) is 1. The third-order valence-corrected chi connectivity index (χ3v) is 4.23. The molecule has 0 radical (unpaired) electrons. The maximum Gasteiger partial charge on any atom is 0.322 e. The molecular formula is C13H19NO6S. The van der Waals surface area contributed by atoms with Gasteiger partial charge in [0.1, 0.15) is 11.8 Å². The van der Waals surface area contributed by atoms with E-state index in [0.29, 0.717) is 5.56 Å². The van der Waals surface area contributed by atoms with E-state index in [-0.39, 0.29) is 31.0 Å². The quantitative estimate of drug-likeness (QED) is 0.566. The number of nitrogens with one attached hydrogen (secondary N) is 1. The predicted molar refractivity (Wildman–Crippen MR) is 76.7 cm³/mol. The van der Waals surface area contributed by atoms with Crippen LogP contribution in [0.4, 0.5) is 0 Å². The number of carbonyl (C=O) groups is 1. The van der Waals surface area contributed by atoms with Gasteiger partial charge in [0.2, 0.25) is 10.0 Å². The first kappa shape index (κ1) is 17.4. The number of aliphatic carboxylic acids is 1. The van der Waals surface area contributed by atoms with Gasteiger partial charge in [0, 0.05) is 13.7 Å². The Morgan fingerprint density at radius 3 is 2.48 bits per heavy atom. The van der Waals surface area contributed by atoms with Gasteiger partial charge in [-0.05, 0) is 30.5 Å². The molecule has 0 saturated heterocycles. The highest BCUT2D eigenvalue weighted by atomic mass is 32.2. The van der Waals surface area contributed by atoms with Crippen LogP contribution in [0.5, 0.6) is 5.75 Å². The van der Waals surface area contributed by atoms with Crippen LogP contribution >= 0.6 is 0 Å². The minimum absolute atomic E-state index is 0.000872. The molecule has 118 valence electrons. The molecule has 1 aromatic carbocycles. The van der Waals surface area contributed by atoms with Crippen LogP contribution in [0.15, 0.2) is 24.3 Å². The van der Waals surface area contributed by atoms with Crippen LogP contribution in [0.25, 0.3) is 0 Å². The van der Waals surface area contributed by atoms with Gasteiger partial charge >= 0.3 is 5.97 Å². The Balaban J connectivity index is 2.69. The van der Waals surface area contributed by atoms with Crippen molar-refractivity contribution in [2.24, 2.45) is 0 Å². The lowest BCUT2D eigenvalue weighted by Gasteiger charge is -2.15. The van der Waals surface area contributed by atoms with E-state index in [1.807, 2.05) is 0 Å². The van der Waals surface area contributed by atoms with Gasteiger partial charge in [0.05, 0.1) is 5.75 Å².